The monoisotopic (exact) mass is 259 g/mol. The van der Waals surface area contributed by atoms with Gasteiger partial charge in [-0.15, -0.1) is 0 Å². The molecular formula is C11H15BrFN. The molecule has 0 saturated heterocycles. The van der Waals surface area contributed by atoms with Gasteiger partial charge in [-0.2, -0.15) is 0 Å². The molecule has 1 aromatic carbocycles. The van der Waals surface area contributed by atoms with E-state index in [1.165, 1.54) is 6.07 Å². The van der Waals surface area contributed by atoms with E-state index in [2.05, 4.69) is 28.2 Å². The molecule has 0 heterocycles. The minimum atomic E-state index is -0.180. The number of rotatable bonds is 4. The summed E-state index contributed by atoms with van der Waals surface area (Å²) in [5.74, 6) is -0.180. The molecule has 1 rings (SSSR count). The Morgan fingerprint density at radius 1 is 1.43 bits per heavy atom. The molecule has 14 heavy (non-hydrogen) atoms. The zero-order chi connectivity index (χ0) is 10.6. The van der Waals surface area contributed by atoms with Crippen LogP contribution in [0.4, 0.5) is 4.39 Å². The minimum absolute atomic E-state index is 0.180. The molecule has 0 spiro atoms. The predicted octanol–water partition coefficient (Wildman–Crippen LogP) is 3.13. The van der Waals surface area contributed by atoms with Gasteiger partial charge in [-0.3, -0.25) is 0 Å². The Morgan fingerprint density at radius 3 is 2.64 bits per heavy atom. The topological polar surface area (TPSA) is 12.0 Å². The van der Waals surface area contributed by atoms with Crippen LogP contribution in [0.1, 0.15) is 18.9 Å². The predicted molar refractivity (Wildman–Crippen MR) is 60.9 cm³/mol. The molecule has 0 saturated carbocycles. The average Bonchev–Trinajstić information content (AvgIpc) is 2.12. The van der Waals surface area contributed by atoms with Crippen molar-refractivity contribution in [3.8, 4) is 0 Å². The first-order chi connectivity index (χ1) is 6.65. The van der Waals surface area contributed by atoms with Crippen molar-refractivity contribution in [2.45, 2.75) is 25.8 Å². The van der Waals surface area contributed by atoms with Gasteiger partial charge in [0, 0.05) is 10.5 Å². The Hall–Kier alpha value is -0.410. The van der Waals surface area contributed by atoms with Crippen LogP contribution in [0.3, 0.4) is 0 Å². The second-order valence-corrected chi connectivity index (χ2v) is 4.29. The highest BCUT2D eigenvalue weighted by molar-refractivity contribution is 9.10. The molecule has 1 aromatic rings. The maximum Gasteiger partial charge on any atom is 0.124 e. The lowest BCUT2D eigenvalue weighted by molar-refractivity contribution is 0.540. The Kier molecular flexibility index (Phi) is 4.55. The number of nitrogens with one attached hydrogen (secondary N) is 1. The van der Waals surface area contributed by atoms with Gasteiger partial charge in [-0.1, -0.05) is 22.9 Å². The quantitative estimate of drug-likeness (QED) is 0.877. The van der Waals surface area contributed by atoms with Gasteiger partial charge in [-0.05, 0) is 43.7 Å². The van der Waals surface area contributed by atoms with Crippen molar-refractivity contribution in [2.75, 3.05) is 7.05 Å². The van der Waals surface area contributed by atoms with Crippen molar-refractivity contribution in [1.82, 2.24) is 5.32 Å². The van der Waals surface area contributed by atoms with E-state index in [0.29, 0.717) is 6.04 Å². The van der Waals surface area contributed by atoms with E-state index in [9.17, 15) is 4.39 Å². The molecular weight excluding hydrogens is 245 g/mol. The van der Waals surface area contributed by atoms with Crippen molar-refractivity contribution in [1.29, 1.82) is 0 Å². The first kappa shape index (κ1) is 11.7. The lowest BCUT2D eigenvalue weighted by Gasteiger charge is -2.13. The minimum Gasteiger partial charge on any atom is -0.317 e. The van der Waals surface area contributed by atoms with E-state index < -0.39 is 0 Å². The van der Waals surface area contributed by atoms with E-state index >= 15 is 0 Å². The standard InChI is InChI=1S/C11H15BrFN/c1-3-11(14-2)6-8-4-9(12)7-10(13)5-8/h4-5,7,11,14H,3,6H2,1-2H3. The van der Waals surface area contributed by atoms with E-state index in [0.717, 1.165) is 22.9 Å². The molecule has 0 radical (unpaired) electrons. The van der Waals surface area contributed by atoms with Crippen molar-refractivity contribution in [3.63, 3.8) is 0 Å². The van der Waals surface area contributed by atoms with Crippen LogP contribution in [0.5, 0.6) is 0 Å². The van der Waals surface area contributed by atoms with Crippen LogP contribution in [0.15, 0.2) is 22.7 Å². The highest BCUT2D eigenvalue weighted by Gasteiger charge is 2.06. The molecule has 0 aliphatic carbocycles. The lowest BCUT2D eigenvalue weighted by atomic mass is 10.0. The molecule has 0 amide bonds. The highest BCUT2D eigenvalue weighted by Crippen LogP contribution is 2.16. The third-order valence-electron chi connectivity index (χ3n) is 2.31. The fourth-order valence-electron chi connectivity index (χ4n) is 1.46. The van der Waals surface area contributed by atoms with Crippen molar-refractivity contribution in [2.24, 2.45) is 0 Å². The molecule has 1 unspecified atom stereocenters. The van der Waals surface area contributed by atoms with Crippen molar-refractivity contribution < 1.29 is 4.39 Å². The molecule has 1 nitrogen and oxygen atoms in total. The SMILES string of the molecule is CCC(Cc1cc(F)cc(Br)c1)NC. The van der Waals surface area contributed by atoms with E-state index in [-0.39, 0.29) is 5.82 Å². The summed E-state index contributed by atoms with van der Waals surface area (Å²) in [6.07, 6.45) is 1.91. The van der Waals surface area contributed by atoms with Crippen LogP contribution < -0.4 is 5.32 Å². The fraction of sp³-hybridized carbons (Fsp3) is 0.455. The second kappa shape index (κ2) is 5.47. The molecule has 1 N–H and O–H groups in total. The number of halogens is 2. The van der Waals surface area contributed by atoms with Crippen LogP contribution in [0, 0.1) is 5.82 Å². The van der Waals surface area contributed by atoms with Gasteiger partial charge < -0.3 is 5.32 Å². The van der Waals surface area contributed by atoms with Crippen LogP contribution in [0.25, 0.3) is 0 Å². The van der Waals surface area contributed by atoms with Gasteiger partial charge in [0.15, 0.2) is 0 Å². The molecule has 3 heteroatoms. The third-order valence-corrected chi connectivity index (χ3v) is 2.76. The van der Waals surface area contributed by atoms with Crippen LogP contribution >= 0.6 is 15.9 Å². The Balaban J connectivity index is 2.75. The summed E-state index contributed by atoms with van der Waals surface area (Å²) in [6.45, 7) is 2.12. The van der Waals surface area contributed by atoms with Crippen LogP contribution in [-0.4, -0.2) is 13.1 Å². The average molecular weight is 260 g/mol. The molecule has 0 fully saturated rings. The van der Waals surface area contributed by atoms with Gasteiger partial charge in [0.2, 0.25) is 0 Å². The summed E-state index contributed by atoms with van der Waals surface area (Å²) in [5, 5.41) is 3.20. The number of hydrogen-bond donors (Lipinski definition) is 1. The van der Waals surface area contributed by atoms with Crippen molar-refractivity contribution in [3.05, 3.63) is 34.1 Å². The summed E-state index contributed by atoms with van der Waals surface area (Å²) in [4.78, 5) is 0. The fourth-order valence-corrected chi connectivity index (χ4v) is 1.98. The summed E-state index contributed by atoms with van der Waals surface area (Å²) in [5.41, 5.74) is 1.03. The summed E-state index contributed by atoms with van der Waals surface area (Å²) in [6, 6.07) is 5.45. The molecule has 1 atom stereocenters. The Morgan fingerprint density at radius 2 is 2.14 bits per heavy atom. The highest BCUT2D eigenvalue weighted by atomic mass is 79.9. The maximum atomic E-state index is 13.0. The second-order valence-electron chi connectivity index (χ2n) is 3.38. The number of benzene rings is 1. The van der Waals surface area contributed by atoms with E-state index in [1.54, 1.807) is 6.07 Å². The third kappa shape index (κ3) is 3.39. The van der Waals surface area contributed by atoms with Crippen molar-refractivity contribution >= 4 is 15.9 Å². The zero-order valence-electron chi connectivity index (χ0n) is 8.48. The smallest absolute Gasteiger partial charge is 0.124 e. The number of hydrogen-bond acceptors (Lipinski definition) is 1. The van der Waals surface area contributed by atoms with Gasteiger partial charge >= 0.3 is 0 Å². The van der Waals surface area contributed by atoms with Gasteiger partial charge in [-0.25, -0.2) is 4.39 Å². The summed E-state index contributed by atoms with van der Waals surface area (Å²) in [7, 11) is 1.93. The summed E-state index contributed by atoms with van der Waals surface area (Å²) < 4.78 is 13.8. The zero-order valence-corrected chi connectivity index (χ0v) is 10.1. The largest absolute Gasteiger partial charge is 0.317 e. The van der Waals surface area contributed by atoms with Crippen LogP contribution in [0.2, 0.25) is 0 Å². The van der Waals surface area contributed by atoms with Gasteiger partial charge in [0.05, 0.1) is 0 Å². The maximum absolute atomic E-state index is 13.0. The Bertz CT molecular complexity index is 277. The Labute approximate surface area is 92.8 Å². The molecule has 0 aromatic heterocycles. The van der Waals surface area contributed by atoms with Gasteiger partial charge in [0.25, 0.3) is 0 Å². The molecule has 0 aliphatic rings. The first-order valence-electron chi connectivity index (χ1n) is 4.78. The lowest BCUT2D eigenvalue weighted by Crippen LogP contribution is -2.26. The molecule has 0 bridgehead atoms. The van der Waals surface area contributed by atoms with Gasteiger partial charge in [0.1, 0.15) is 5.82 Å². The van der Waals surface area contributed by atoms with Crippen LogP contribution in [-0.2, 0) is 6.42 Å². The van der Waals surface area contributed by atoms with E-state index in [1.807, 2.05) is 13.1 Å². The number of likely N-dealkylation sites (N-methyl/N-ethyl adjacent to an activating group) is 1. The molecule has 0 aliphatic heterocycles. The molecule has 78 valence electrons. The van der Waals surface area contributed by atoms with E-state index in [4.69, 9.17) is 0 Å². The normalized spacial score (nSPS) is 12.9. The summed E-state index contributed by atoms with van der Waals surface area (Å²) >= 11 is 3.29. The first-order valence-corrected chi connectivity index (χ1v) is 5.57.